The monoisotopic (exact) mass is 450 g/mol. The highest BCUT2D eigenvalue weighted by Gasteiger charge is 2.23. The minimum Gasteiger partial charge on any atom is -0.486 e. The number of para-hydroxylation sites is 1. The van der Waals surface area contributed by atoms with Crippen LogP contribution < -0.4 is 20.1 Å². The van der Waals surface area contributed by atoms with Gasteiger partial charge in [0.2, 0.25) is 5.91 Å². The zero-order valence-electron chi connectivity index (χ0n) is 17.3. The van der Waals surface area contributed by atoms with Crippen molar-refractivity contribution in [3.8, 4) is 11.5 Å². The molecular formula is C25H23ClN2O4. The Morgan fingerprint density at radius 2 is 1.66 bits per heavy atom. The number of amides is 2. The van der Waals surface area contributed by atoms with Crippen LogP contribution in [-0.4, -0.2) is 31.1 Å². The van der Waals surface area contributed by atoms with E-state index in [4.69, 9.17) is 21.1 Å². The summed E-state index contributed by atoms with van der Waals surface area (Å²) in [6, 6.07) is 20.9. The Bertz CT molecular complexity index is 1090. The number of rotatable bonds is 7. The molecule has 7 heteroatoms. The van der Waals surface area contributed by atoms with Crippen molar-refractivity contribution in [2.45, 2.75) is 19.0 Å². The highest BCUT2D eigenvalue weighted by Crippen LogP contribution is 2.33. The smallest absolute Gasteiger partial charge is 0.251 e. The van der Waals surface area contributed by atoms with Gasteiger partial charge < -0.3 is 20.1 Å². The van der Waals surface area contributed by atoms with Gasteiger partial charge in [0.15, 0.2) is 11.5 Å². The van der Waals surface area contributed by atoms with Gasteiger partial charge in [-0.05, 0) is 35.9 Å². The van der Waals surface area contributed by atoms with E-state index >= 15 is 0 Å². The number of hydrogen-bond donors (Lipinski definition) is 2. The van der Waals surface area contributed by atoms with Crippen LogP contribution in [0.15, 0.2) is 72.8 Å². The molecule has 1 unspecified atom stereocenters. The fourth-order valence-electron chi connectivity index (χ4n) is 3.48. The SMILES string of the molecule is O=C(NC(Cc1ccccc1)C(=O)NCc1cccc2c1OCCO2)c1ccc(Cl)cc1. The molecule has 4 rings (SSSR count). The standard InChI is InChI=1S/C25H23ClN2O4/c26-20-11-9-18(10-12-20)24(29)28-21(15-17-5-2-1-3-6-17)25(30)27-16-19-7-4-8-22-23(19)32-14-13-31-22/h1-12,21H,13-16H2,(H,27,30)(H,28,29). The van der Waals surface area contributed by atoms with Gasteiger partial charge in [-0.3, -0.25) is 9.59 Å². The van der Waals surface area contributed by atoms with E-state index in [0.29, 0.717) is 41.7 Å². The highest BCUT2D eigenvalue weighted by atomic mass is 35.5. The van der Waals surface area contributed by atoms with Crippen LogP contribution in [-0.2, 0) is 17.8 Å². The Labute approximate surface area is 191 Å². The Balaban J connectivity index is 1.48. The first-order valence-electron chi connectivity index (χ1n) is 10.4. The number of carbonyl (C=O) groups is 2. The van der Waals surface area contributed by atoms with Gasteiger partial charge in [-0.15, -0.1) is 0 Å². The predicted octanol–water partition coefficient (Wildman–Crippen LogP) is 3.77. The van der Waals surface area contributed by atoms with Gasteiger partial charge in [0.05, 0.1) is 0 Å². The molecule has 3 aromatic rings. The van der Waals surface area contributed by atoms with E-state index in [-0.39, 0.29) is 18.4 Å². The minimum absolute atomic E-state index is 0.257. The van der Waals surface area contributed by atoms with E-state index in [0.717, 1.165) is 11.1 Å². The van der Waals surface area contributed by atoms with Crippen molar-refractivity contribution < 1.29 is 19.1 Å². The molecule has 0 saturated heterocycles. The van der Waals surface area contributed by atoms with E-state index < -0.39 is 6.04 Å². The lowest BCUT2D eigenvalue weighted by Crippen LogP contribution is -2.47. The third-order valence-corrected chi connectivity index (χ3v) is 5.36. The lowest BCUT2D eigenvalue weighted by Gasteiger charge is -2.22. The minimum atomic E-state index is -0.753. The van der Waals surface area contributed by atoms with Gasteiger partial charge in [0.25, 0.3) is 5.91 Å². The quantitative estimate of drug-likeness (QED) is 0.574. The number of carbonyl (C=O) groups excluding carboxylic acids is 2. The molecule has 0 radical (unpaired) electrons. The molecule has 1 aliphatic heterocycles. The summed E-state index contributed by atoms with van der Waals surface area (Å²) >= 11 is 5.91. The van der Waals surface area contributed by atoms with Crippen molar-refractivity contribution in [1.29, 1.82) is 0 Å². The molecule has 1 heterocycles. The van der Waals surface area contributed by atoms with Gasteiger partial charge >= 0.3 is 0 Å². The van der Waals surface area contributed by atoms with Gasteiger partial charge in [0, 0.05) is 29.1 Å². The lowest BCUT2D eigenvalue weighted by atomic mass is 10.0. The Morgan fingerprint density at radius 1 is 0.906 bits per heavy atom. The molecule has 6 nitrogen and oxygen atoms in total. The normalized spacial score (nSPS) is 13.2. The largest absolute Gasteiger partial charge is 0.486 e. The van der Waals surface area contributed by atoms with E-state index in [1.54, 1.807) is 24.3 Å². The van der Waals surface area contributed by atoms with Crippen molar-refractivity contribution in [3.05, 3.63) is 94.5 Å². The fourth-order valence-corrected chi connectivity index (χ4v) is 3.61. The van der Waals surface area contributed by atoms with Crippen LogP contribution in [0.2, 0.25) is 5.02 Å². The van der Waals surface area contributed by atoms with Crippen LogP contribution in [0.4, 0.5) is 0 Å². The lowest BCUT2D eigenvalue weighted by molar-refractivity contribution is -0.123. The molecule has 2 N–H and O–H groups in total. The number of halogens is 1. The number of ether oxygens (including phenoxy) is 2. The maximum atomic E-state index is 13.1. The van der Waals surface area contributed by atoms with Crippen LogP contribution in [0.5, 0.6) is 11.5 Å². The molecule has 2 amide bonds. The second-order valence-electron chi connectivity index (χ2n) is 7.38. The summed E-state index contributed by atoms with van der Waals surface area (Å²) < 4.78 is 11.3. The van der Waals surface area contributed by atoms with Gasteiger partial charge in [0.1, 0.15) is 19.3 Å². The van der Waals surface area contributed by atoms with Gasteiger partial charge in [-0.1, -0.05) is 54.1 Å². The second-order valence-corrected chi connectivity index (χ2v) is 7.82. The average molecular weight is 451 g/mol. The number of hydrogen-bond acceptors (Lipinski definition) is 4. The molecule has 1 aliphatic rings. The van der Waals surface area contributed by atoms with Crippen LogP contribution in [0.3, 0.4) is 0 Å². The summed E-state index contributed by atoms with van der Waals surface area (Å²) in [6.07, 6.45) is 0.360. The summed E-state index contributed by atoms with van der Waals surface area (Å²) in [5.41, 5.74) is 2.19. The van der Waals surface area contributed by atoms with E-state index in [9.17, 15) is 9.59 Å². The Kier molecular flexibility index (Phi) is 6.92. The number of fused-ring (bicyclic) bond motifs is 1. The molecule has 0 spiro atoms. The molecule has 0 saturated carbocycles. The molecule has 0 bridgehead atoms. The predicted molar refractivity (Wildman–Crippen MR) is 122 cm³/mol. The third kappa shape index (κ3) is 5.39. The van der Waals surface area contributed by atoms with Gasteiger partial charge in [-0.2, -0.15) is 0 Å². The second kappa shape index (κ2) is 10.2. The Hall–Kier alpha value is -3.51. The zero-order chi connectivity index (χ0) is 22.3. The van der Waals surface area contributed by atoms with Crippen LogP contribution in [0.25, 0.3) is 0 Å². The maximum Gasteiger partial charge on any atom is 0.251 e. The molecule has 0 aromatic heterocycles. The summed E-state index contributed by atoms with van der Waals surface area (Å²) in [4.78, 5) is 25.8. The molecule has 0 fully saturated rings. The molecule has 3 aromatic carbocycles. The maximum absolute atomic E-state index is 13.1. The molecular weight excluding hydrogens is 428 g/mol. The highest BCUT2D eigenvalue weighted by molar-refractivity contribution is 6.30. The van der Waals surface area contributed by atoms with Crippen LogP contribution in [0.1, 0.15) is 21.5 Å². The zero-order valence-corrected chi connectivity index (χ0v) is 18.1. The first-order valence-corrected chi connectivity index (χ1v) is 10.7. The van der Waals surface area contributed by atoms with Crippen molar-refractivity contribution in [2.75, 3.05) is 13.2 Å². The number of benzene rings is 3. The first-order chi connectivity index (χ1) is 15.6. The first kappa shape index (κ1) is 21.7. The van der Waals surface area contributed by atoms with Crippen LogP contribution >= 0.6 is 11.6 Å². The Morgan fingerprint density at radius 3 is 2.44 bits per heavy atom. The van der Waals surface area contributed by atoms with Crippen LogP contribution in [0, 0.1) is 0 Å². The van der Waals surface area contributed by atoms with Crippen molar-refractivity contribution in [2.24, 2.45) is 0 Å². The van der Waals surface area contributed by atoms with E-state index in [2.05, 4.69) is 10.6 Å². The topological polar surface area (TPSA) is 76.7 Å². The summed E-state index contributed by atoms with van der Waals surface area (Å²) in [6.45, 7) is 1.22. The number of nitrogens with one attached hydrogen (secondary N) is 2. The summed E-state index contributed by atoms with van der Waals surface area (Å²) in [5, 5.41) is 6.31. The molecule has 164 valence electrons. The molecule has 32 heavy (non-hydrogen) atoms. The van der Waals surface area contributed by atoms with E-state index in [1.807, 2.05) is 48.5 Å². The average Bonchev–Trinajstić information content (AvgIpc) is 2.83. The molecule has 1 atom stereocenters. The van der Waals surface area contributed by atoms with Crippen molar-refractivity contribution in [1.82, 2.24) is 10.6 Å². The van der Waals surface area contributed by atoms with Crippen molar-refractivity contribution >= 4 is 23.4 Å². The third-order valence-electron chi connectivity index (χ3n) is 5.11. The fraction of sp³-hybridized carbons (Fsp3) is 0.200. The van der Waals surface area contributed by atoms with E-state index in [1.165, 1.54) is 0 Å². The summed E-state index contributed by atoms with van der Waals surface area (Å²) in [7, 11) is 0. The van der Waals surface area contributed by atoms with Crippen molar-refractivity contribution in [3.63, 3.8) is 0 Å². The summed E-state index contributed by atoms with van der Waals surface area (Å²) in [5.74, 6) is 0.681. The molecule has 0 aliphatic carbocycles. The van der Waals surface area contributed by atoms with Gasteiger partial charge in [-0.25, -0.2) is 0 Å².